The van der Waals surface area contributed by atoms with Crippen LogP contribution in [0.5, 0.6) is 0 Å². The number of aromatic nitrogens is 1. The summed E-state index contributed by atoms with van der Waals surface area (Å²) in [4.78, 5) is 18.0. The second-order valence-corrected chi connectivity index (χ2v) is 12.8. The fourth-order valence-electron chi connectivity index (χ4n) is 5.01. The molecule has 0 fully saturated rings. The Kier molecular flexibility index (Phi) is 18.3. The Bertz CT molecular complexity index is 1100. The summed E-state index contributed by atoms with van der Waals surface area (Å²) in [6, 6.07) is 8.21. The molecule has 0 aliphatic rings. The van der Waals surface area contributed by atoms with Crippen molar-refractivity contribution in [3.05, 3.63) is 40.9 Å². The number of hydrogen-bond acceptors (Lipinski definition) is 14. The van der Waals surface area contributed by atoms with Crippen molar-refractivity contribution in [3.63, 3.8) is 0 Å². The van der Waals surface area contributed by atoms with Crippen molar-refractivity contribution < 1.29 is 55.9 Å². The topological polar surface area (TPSA) is 270 Å². The smallest absolute Gasteiger partial charge is 0.220 e. The number of aliphatic hydroxyl groups is 10. The van der Waals surface area contributed by atoms with Gasteiger partial charge in [-0.3, -0.25) is 4.79 Å². The van der Waals surface area contributed by atoms with E-state index in [1.54, 1.807) is 6.20 Å². The van der Waals surface area contributed by atoms with E-state index < -0.39 is 68.0 Å². The quantitative estimate of drug-likeness (QED) is 0.0559. The molecule has 1 aromatic heterocycles. The van der Waals surface area contributed by atoms with Crippen LogP contribution in [-0.2, 0) is 17.6 Å². The molecule has 262 valence electrons. The number of carbonyl (C=O) groups excluding carboxylic acids is 1. The Morgan fingerprint density at radius 3 is 1.85 bits per heavy atom. The minimum absolute atomic E-state index is 0.0876. The summed E-state index contributed by atoms with van der Waals surface area (Å²) in [6.45, 7) is -0.951. The minimum Gasteiger partial charge on any atom is -0.394 e. The summed E-state index contributed by atoms with van der Waals surface area (Å²) >= 11 is 1.50. The van der Waals surface area contributed by atoms with Gasteiger partial charge in [0, 0.05) is 29.6 Å². The van der Waals surface area contributed by atoms with E-state index in [0.29, 0.717) is 13.0 Å². The summed E-state index contributed by atoms with van der Waals surface area (Å²) in [5.74, 6) is -0.956. The van der Waals surface area contributed by atoms with Gasteiger partial charge in [0.05, 0.1) is 25.4 Å². The maximum absolute atomic E-state index is 12.6. The van der Waals surface area contributed by atoms with Gasteiger partial charge in [-0.2, -0.15) is 0 Å². The predicted molar refractivity (Wildman–Crippen MR) is 170 cm³/mol. The Balaban J connectivity index is 1.92. The lowest BCUT2D eigenvalue weighted by atomic mass is 9.86. The van der Waals surface area contributed by atoms with Gasteiger partial charge in [0.2, 0.25) is 5.91 Å². The first kappa shape index (κ1) is 40.1. The Morgan fingerprint density at radius 1 is 0.783 bits per heavy atom. The zero-order chi connectivity index (χ0) is 34.2. The molecule has 0 saturated carbocycles. The Morgan fingerprint density at radius 2 is 1.33 bits per heavy atom. The first-order valence-corrected chi connectivity index (χ1v) is 16.4. The van der Waals surface area contributed by atoms with E-state index >= 15 is 0 Å². The molecule has 46 heavy (non-hydrogen) atoms. The highest BCUT2D eigenvalue weighted by atomic mass is 32.1. The SMILES string of the molecule is NCCCCc1ccc(-c2ncc(CCC(=O)NCCC(C[C@H](O)[C@@H](O)[C@H](O)[C@H](O)CO)C[C@H](O)[C@@H](O)[C@H](O)[C@H](O)CO)s2)cc1. The van der Waals surface area contributed by atoms with Crippen LogP contribution >= 0.6 is 11.3 Å². The maximum Gasteiger partial charge on any atom is 0.220 e. The largest absolute Gasteiger partial charge is 0.394 e. The number of unbranched alkanes of at least 4 members (excludes halogenated alkanes) is 1. The van der Waals surface area contributed by atoms with Gasteiger partial charge in [-0.1, -0.05) is 24.3 Å². The Hall–Kier alpha value is -2.12. The fourth-order valence-corrected chi connectivity index (χ4v) is 5.92. The normalized spacial score (nSPS) is 17.2. The fraction of sp³-hybridized carbons (Fsp3) is 0.677. The third kappa shape index (κ3) is 13.2. The van der Waals surface area contributed by atoms with Crippen LogP contribution in [0, 0.1) is 5.92 Å². The van der Waals surface area contributed by atoms with Gasteiger partial charge in [-0.15, -0.1) is 11.3 Å². The second kappa shape index (κ2) is 21.0. The molecule has 2 rings (SSSR count). The number of thiazole rings is 1. The standard InChI is InChI=1S/C31H51N3O11S/c32-11-2-1-3-18-4-6-20(7-5-18)31-34-15-21(46-31)8-9-26(41)33-12-10-19(13-22(37)27(42)29(44)24(39)16-35)14-23(38)28(43)30(45)25(40)17-36/h4-7,15,19,22-25,27-30,35-40,42-45H,1-3,8-14,16-17,32H2,(H,33,41)/t22-,23-,24+,25+,27+,28+,29+,30+/m0/s1. The van der Waals surface area contributed by atoms with Gasteiger partial charge in [0.15, 0.2) is 0 Å². The van der Waals surface area contributed by atoms with Crippen LogP contribution in [0.4, 0.5) is 0 Å². The van der Waals surface area contributed by atoms with Crippen molar-refractivity contribution in [2.24, 2.45) is 11.7 Å². The summed E-state index contributed by atoms with van der Waals surface area (Å²) in [5.41, 5.74) is 7.79. The van der Waals surface area contributed by atoms with Crippen LogP contribution in [0.25, 0.3) is 10.6 Å². The molecule has 0 aliphatic heterocycles. The highest BCUT2D eigenvalue weighted by Crippen LogP contribution is 2.27. The van der Waals surface area contributed by atoms with Crippen LogP contribution in [0.1, 0.15) is 49.0 Å². The zero-order valence-electron chi connectivity index (χ0n) is 25.9. The maximum atomic E-state index is 12.6. The molecule has 0 aliphatic carbocycles. The molecule has 2 aromatic rings. The first-order chi connectivity index (χ1) is 21.9. The molecule has 0 bridgehead atoms. The molecule has 8 atom stereocenters. The van der Waals surface area contributed by atoms with Crippen molar-refractivity contribution in [1.29, 1.82) is 0 Å². The average molecular weight is 674 g/mol. The van der Waals surface area contributed by atoms with Crippen molar-refractivity contribution in [3.8, 4) is 10.6 Å². The number of nitrogens with one attached hydrogen (secondary N) is 1. The molecule has 1 amide bonds. The zero-order valence-corrected chi connectivity index (χ0v) is 26.7. The third-order valence-corrected chi connectivity index (χ3v) is 9.05. The summed E-state index contributed by atoms with van der Waals surface area (Å²) in [6.07, 6.45) is -9.12. The number of aryl methyl sites for hydroxylation is 2. The lowest BCUT2D eigenvalue weighted by Gasteiger charge is -2.31. The lowest BCUT2D eigenvalue weighted by Crippen LogP contribution is -2.48. The lowest BCUT2D eigenvalue weighted by molar-refractivity contribution is -0.127. The van der Waals surface area contributed by atoms with E-state index in [1.165, 1.54) is 16.9 Å². The van der Waals surface area contributed by atoms with Crippen molar-refractivity contribution in [1.82, 2.24) is 10.3 Å². The van der Waals surface area contributed by atoms with E-state index in [4.69, 9.17) is 15.9 Å². The number of nitrogens with zero attached hydrogens (tertiary/aromatic N) is 1. The summed E-state index contributed by atoms with van der Waals surface area (Å²) in [7, 11) is 0. The van der Waals surface area contributed by atoms with E-state index in [0.717, 1.165) is 34.7 Å². The third-order valence-electron chi connectivity index (χ3n) is 7.95. The molecular weight excluding hydrogens is 622 g/mol. The number of nitrogens with two attached hydrogens (primary N) is 1. The monoisotopic (exact) mass is 673 g/mol. The Labute approximate surface area is 272 Å². The van der Waals surface area contributed by atoms with Gasteiger partial charge in [-0.05, 0) is 63.0 Å². The highest BCUT2D eigenvalue weighted by molar-refractivity contribution is 7.15. The molecule has 1 heterocycles. The van der Waals surface area contributed by atoms with Crippen LogP contribution in [0.15, 0.2) is 30.5 Å². The molecule has 14 nitrogen and oxygen atoms in total. The van der Waals surface area contributed by atoms with Gasteiger partial charge in [0.1, 0.15) is 41.6 Å². The minimum atomic E-state index is -1.87. The number of amides is 1. The predicted octanol–water partition coefficient (Wildman–Crippen LogP) is -2.20. The van der Waals surface area contributed by atoms with Gasteiger partial charge in [-0.25, -0.2) is 4.98 Å². The second-order valence-electron chi connectivity index (χ2n) is 11.6. The molecule has 15 heteroatoms. The first-order valence-electron chi connectivity index (χ1n) is 15.6. The summed E-state index contributed by atoms with van der Waals surface area (Å²) in [5, 5.41) is 102. The number of hydrogen-bond donors (Lipinski definition) is 12. The number of rotatable bonds is 23. The van der Waals surface area contributed by atoms with Gasteiger partial charge >= 0.3 is 0 Å². The molecular formula is C31H51N3O11S. The van der Waals surface area contributed by atoms with E-state index in [-0.39, 0.29) is 38.1 Å². The molecule has 0 radical (unpaired) electrons. The van der Waals surface area contributed by atoms with E-state index in [2.05, 4.69) is 22.4 Å². The van der Waals surface area contributed by atoms with Crippen LogP contribution in [0.3, 0.4) is 0 Å². The molecule has 13 N–H and O–H groups in total. The van der Waals surface area contributed by atoms with Crippen molar-refractivity contribution in [2.75, 3.05) is 26.3 Å². The van der Waals surface area contributed by atoms with E-state index in [1.807, 2.05) is 12.1 Å². The number of aliphatic hydroxyl groups excluding tert-OH is 10. The summed E-state index contributed by atoms with van der Waals surface area (Å²) < 4.78 is 0. The molecule has 0 unspecified atom stereocenters. The van der Waals surface area contributed by atoms with Crippen LogP contribution < -0.4 is 11.1 Å². The average Bonchev–Trinajstić information content (AvgIpc) is 3.54. The number of carbonyl (C=O) groups is 1. The highest BCUT2D eigenvalue weighted by Gasteiger charge is 2.35. The molecule has 0 spiro atoms. The molecule has 1 aromatic carbocycles. The van der Waals surface area contributed by atoms with Gasteiger partial charge < -0.3 is 62.1 Å². The number of benzene rings is 1. The van der Waals surface area contributed by atoms with Gasteiger partial charge in [0.25, 0.3) is 0 Å². The molecule has 0 saturated heterocycles. The van der Waals surface area contributed by atoms with E-state index in [9.17, 15) is 45.6 Å². The van der Waals surface area contributed by atoms with Crippen LogP contribution in [0.2, 0.25) is 0 Å². The van der Waals surface area contributed by atoms with Crippen molar-refractivity contribution in [2.45, 2.75) is 100 Å². The van der Waals surface area contributed by atoms with Crippen LogP contribution in [-0.4, -0.2) is 137 Å². The van der Waals surface area contributed by atoms with Crippen molar-refractivity contribution >= 4 is 17.2 Å².